The standard InChI is InChI=1S/C6H10O3/c1-2-7-3-5-4-8-6(1)9-5/h5-6H,1-4H2. The Morgan fingerprint density at radius 3 is 3.22 bits per heavy atom. The van der Waals surface area contributed by atoms with Crippen LogP contribution in [0.5, 0.6) is 0 Å². The molecule has 2 unspecified atom stereocenters. The van der Waals surface area contributed by atoms with Crippen LogP contribution in [-0.2, 0) is 14.2 Å². The maximum atomic E-state index is 5.38. The average Bonchev–Trinajstić information content (AvgIpc) is 2.09. The predicted octanol–water partition coefficient (Wildman–Crippen LogP) is 0.148. The Labute approximate surface area is 53.9 Å². The molecule has 9 heavy (non-hydrogen) atoms. The Kier molecular flexibility index (Phi) is 1.41. The van der Waals surface area contributed by atoms with E-state index in [1.54, 1.807) is 0 Å². The van der Waals surface area contributed by atoms with Gasteiger partial charge in [0.05, 0.1) is 19.8 Å². The lowest BCUT2D eigenvalue weighted by atomic mass is 10.4. The molecule has 2 aliphatic rings. The van der Waals surface area contributed by atoms with Gasteiger partial charge in [0.2, 0.25) is 0 Å². The number of hydrogen-bond acceptors (Lipinski definition) is 3. The van der Waals surface area contributed by atoms with Crippen LogP contribution in [-0.4, -0.2) is 32.2 Å². The highest BCUT2D eigenvalue weighted by Gasteiger charge is 2.28. The molecule has 2 aliphatic heterocycles. The number of rotatable bonds is 0. The van der Waals surface area contributed by atoms with Crippen molar-refractivity contribution in [3.05, 3.63) is 0 Å². The van der Waals surface area contributed by atoms with Gasteiger partial charge in [-0.05, 0) is 0 Å². The molecule has 2 fully saturated rings. The van der Waals surface area contributed by atoms with E-state index in [-0.39, 0.29) is 12.4 Å². The molecular formula is C6H10O3. The summed E-state index contributed by atoms with van der Waals surface area (Å²) in [6.45, 7) is 2.20. The van der Waals surface area contributed by atoms with Gasteiger partial charge < -0.3 is 14.2 Å². The lowest BCUT2D eigenvalue weighted by molar-refractivity contribution is -0.0528. The fourth-order valence-corrected chi connectivity index (χ4v) is 1.14. The van der Waals surface area contributed by atoms with Gasteiger partial charge in [-0.1, -0.05) is 0 Å². The second kappa shape index (κ2) is 2.25. The third-order valence-electron chi connectivity index (χ3n) is 1.61. The third kappa shape index (κ3) is 1.08. The van der Waals surface area contributed by atoms with Gasteiger partial charge in [0, 0.05) is 6.42 Å². The van der Waals surface area contributed by atoms with Crippen molar-refractivity contribution < 1.29 is 14.2 Å². The molecule has 3 nitrogen and oxygen atoms in total. The lowest BCUT2D eigenvalue weighted by Gasteiger charge is -2.05. The van der Waals surface area contributed by atoms with Crippen molar-refractivity contribution in [2.75, 3.05) is 19.8 Å². The molecule has 2 atom stereocenters. The van der Waals surface area contributed by atoms with E-state index in [1.807, 2.05) is 0 Å². The van der Waals surface area contributed by atoms with Crippen LogP contribution in [0.1, 0.15) is 6.42 Å². The summed E-state index contributed by atoms with van der Waals surface area (Å²) < 4.78 is 15.9. The second-order valence-corrected chi connectivity index (χ2v) is 2.38. The van der Waals surface area contributed by atoms with Gasteiger partial charge in [-0.25, -0.2) is 0 Å². The molecule has 52 valence electrons. The highest BCUT2D eigenvalue weighted by molar-refractivity contribution is 4.67. The van der Waals surface area contributed by atoms with Crippen molar-refractivity contribution in [1.82, 2.24) is 0 Å². The van der Waals surface area contributed by atoms with Crippen LogP contribution in [0.25, 0.3) is 0 Å². The zero-order valence-electron chi connectivity index (χ0n) is 5.21. The third-order valence-corrected chi connectivity index (χ3v) is 1.61. The summed E-state index contributed by atoms with van der Waals surface area (Å²) in [6.07, 6.45) is 1.12. The van der Waals surface area contributed by atoms with Crippen molar-refractivity contribution in [2.45, 2.75) is 18.8 Å². The van der Waals surface area contributed by atoms with Crippen LogP contribution >= 0.6 is 0 Å². The smallest absolute Gasteiger partial charge is 0.160 e. The van der Waals surface area contributed by atoms with E-state index in [9.17, 15) is 0 Å². The van der Waals surface area contributed by atoms with E-state index in [4.69, 9.17) is 14.2 Å². The fourth-order valence-electron chi connectivity index (χ4n) is 1.14. The van der Waals surface area contributed by atoms with Crippen LogP contribution in [0.3, 0.4) is 0 Å². The van der Waals surface area contributed by atoms with Gasteiger partial charge in [0.1, 0.15) is 6.10 Å². The first-order valence-electron chi connectivity index (χ1n) is 3.30. The van der Waals surface area contributed by atoms with Gasteiger partial charge in [-0.2, -0.15) is 0 Å². The van der Waals surface area contributed by atoms with E-state index < -0.39 is 0 Å². The maximum absolute atomic E-state index is 5.38. The summed E-state index contributed by atoms with van der Waals surface area (Å²) in [7, 11) is 0. The summed E-state index contributed by atoms with van der Waals surface area (Å²) >= 11 is 0. The highest BCUT2D eigenvalue weighted by Crippen LogP contribution is 2.17. The average molecular weight is 130 g/mol. The molecule has 2 saturated heterocycles. The Balaban J connectivity index is 1.99. The van der Waals surface area contributed by atoms with E-state index in [1.165, 1.54) is 0 Å². The van der Waals surface area contributed by atoms with Gasteiger partial charge in [0.15, 0.2) is 6.29 Å². The SMILES string of the molecule is C1CC2OCC(CO1)O2. The molecule has 2 rings (SSSR count). The van der Waals surface area contributed by atoms with E-state index in [0.717, 1.165) is 13.0 Å². The molecule has 0 aromatic rings. The van der Waals surface area contributed by atoms with Crippen LogP contribution in [0.2, 0.25) is 0 Å². The van der Waals surface area contributed by atoms with Crippen molar-refractivity contribution in [1.29, 1.82) is 0 Å². The molecular weight excluding hydrogens is 120 g/mol. The second-order valence-electron chi connectivity index (χ2n) is 2.38. The lowest BCUT2D eigenvalue weighted by Crippen LogP contribution is -2.16. The van der Waals surface area contributed by atoms with Crippen LogP contribution in [0.4, 0.5) is 0 Å². The number of ether oxygens (including phenoxy) is 3. The minimum Gasteiger partial charge on any atom is -0.378 e. The molecule has 2 heterocycles. The molecule has 3 heteroatoms. The zero-order chi connectivity index (χ0) is 6.10. The van der Waals surface area contributed by atoms with Crippen LogP contribution < -0.4 is 0 Å². The number of fused-ring (bicyclic) bond motifs is 2. The van der Waals surface area contributed by atoms with Crippen molar-refractivity contribution >= 4 is 0 Å². The van der Waals surface area contributed by atoms with Gasteiger partial charge in [-0.15, -0.1) is 0 Å². The fraction of sp³-hybridized carbons (Fsp3) is 1.00. The Bertz CT molecular complexity index is 92.5. The van der Waals surface area contributed by atoms with E-state index >= 15 is 0 Å². The Morgan fingerprint density at radius 2 is 2.22 bits per heavy atom. The van der Waals surface area contributed by atoms with Crippen LogP contribution in [0.15, 0.2) is 0 Å². The first-order valence-corrected chi connectivity index (χ1v) is 3.30. The Hall–Kier alpha value is -0.120. The van der Waals surface area contributed by atoms with Crippen LogP contribution in [0, 0.1) is 0 Å². The summed E-state index contributed by atoms with van der Waals surface area (Å²) in [5.41, 5.74) is 0. The zero-order valence-corrected chi connectivity index (χ0v) is 5.21. The largest absolute Gasteiger partial charge is 0.378 e. The van der Waals surface area contributed by atoms with Gasteiger partial charge in [-0.3, -0.25) is 0 Å². The van der Waals surface area contributed by atoms with E-state index in [2.05, 4.69) is 0 Å². The summed E-state index contributed by atoms with van der Waals surface area (Å²) in [5, 5.41) is 0. The minimum absolute atomic E-state index is 0.0255. The van der Waals surface area contributed by atoms with Crippen molar-refractivity contribution in [3.63, 3.8) is 0 Å². The molecule has 0 amide bonds. The maximum Gasteiger partial charge on any atom is 0.160 e. The van der Waals surface area contributed by atoms with Crippen molar-refractivity contribution in [2.24, 2.45) is 0 Å². The summed E-state index contributed by atoms with van der Waals surface area (Å²) in [4.78, 5) is 0. The summed E-state index contributed by atoms with van der Waals surface area (Å²) in [6, 6.07) is 0. The molecule has 0 N–H and O–H groups in total. The highest BCUT2D eigenvalue weighted by atomic mass is 16.7. The molecule has 0 spiro atoms. The quantitative estimate of drug-likeness (QED) is 0.467. The molecule has 2 bridgehead atoms. The molecule has 0 saturated carbocycles. The molecule has 0 radical (unpaired) electrons. The van der Waals surface area contributed by atoms with Gasteiger partial charge >= 0.3 is 0 Å². The Morgan fingerprint density at radius 1 is 1.22 bits per heavy atom. The van der Waals surface area contributed by atoms with E-state index in [0.29, 0.717) is 13.2 Å². The monoisotopic (exact) mass is 130 g/mol. The molecule has 0 aliphatic carbocycles. The topological polar surface area (TPSA) is 27.7 Å². The normalized spacial score (nSPS) is 42.7. The van der Waals surface area contributed by atoms with Crippen molar-refractivity contribution in [3.8, 4) is 0 Å². The first kappa shape index (κ1) is 5.65. The first-order chi connectivity index (χ1) is 4.45. The molecule has 0 aromatic heterocycles. The minimum atomic E-state index is 0.0255. The predicted molar refractivity (Wildman–Crippen MR) is 30.0 cm³/mol. The summed E-state index contributed by atoms with van der Waals surface area (Å²) in [5.74, 6) is 0. The van der Waals surface area contributed by atoms with Gasteiger partial charge in [0.25, 0.3) is 0 Å². The molecule has 0 aromatic carbocycles. The number of hydrogen-bond donors (Lipinski definition) is 0.